The second-order valence-electron chi connectivity index (χ2n) is 4.87. The average molecular weight is 293 g/mol. The lowest BCUT2D eigenvalue weighted by molar-refractivity contribution is -0.143. The Bertz CT molecular complexity index is 573. The fourth-order valence-corrected chi connectivity index (χ4v) is 2.99. The van der Waals surface area contributed by atoms with Crippen LogP contribution in [0.1, 0.15) is 18.7 Å². The lowest BCUT2D eigenvalue weighted by atomic mass is 9.97. The van der Waals surface area contributed by atoms with E-state index in [0.29, 0.717) is 31.2 Å². The van der Waals surface area contributed by atoms with Gasteiger partial charge in [-0.1, -0.05) is 6.07 Å². The summed E-state index contributed by atoms with van der Waals surface area (Å²) in [7, 11) is 0. The molecule has 20 heavy (non-hydrogen) atoms. The van der Waals surface area contributed by atoms with Crippen molar-refractivity contribution in [1.82, 2.24) is 15.1 Å². The zero-order valence-corrected chi connectivity index (χ0v) is 11.7. The van der Waals surface area contributed by atoms with E-state index < -0.39 is 5.97 Å². The third kappa shape index (κ3) is 2.88. The van der Waals surface area contributed by atoms with Crippen LogP contribution in [0.4, 0.5) is 0 Å². The SMILES string of the molecule is O=C(O)C1CCN(Cc2nnc(-c3cccs3)o2)CC1. The molecule has 6 nitrogen and oxygen atoms in total. The van der Waals surface area contributed by atoms with E-state index in [2.05, 4.69) is 15.1 Å². The Balaban J connectivity index is 1.58. The maximum absolute atomic E-state index is 10.9. The van der Waals surface area contributed by atoms with E-state index in [1.165, 1.54) is 0 Å². The molecule has 2 aromatic rings. The van der Waals surface area contributed by atoms with Gasteiger partial charge in [0.2, 0.25) is 5.89 Å². The summed E-state index contributed by atoms with van der Waals surface area (Å²) in [5.74, 6) is 0.232. The normalized spacial score (nSPS) is 17.4. The van der Waals surface area contributed by atoms with Crippen molar-refractivity contribution in [2.45, 2.75) is 19.4 Å². The van der Waals surface area contributed by atoms with Gasteiger partial charge in [-0.15, -0.1) is 21.5 Å². The van der Waals surface area contributed by atoms with E-state index in [1.54, 1.807) is 11.3 Å². The van der Waals surface area contributed by atoms with E-state index >= 15 is 0 Å². The second-order valence-corrected chi connectivity index (χ2v) is 5.81. The number of rotatable bonds is 4. The third-order valence-corrected chi connectivity index (χ3v) is 4.35. The Morgan fingerprint density at radius 3 is 2.90 bits per heavy atom. The molecule has 0 atom stereocenters. The highest BCUT2D eigenvalue weighted by molar-refractivity contribution is 7.13. The summed E-state index contributed by atoms with van der Waals surface area (Å²) in [6.45, 7) is 2.10. The van der Waals surface area contributed by atoms with Crippen molar-refractivity contribution in [3.63, 3.8) is 0 Å². The van der Waals surface area contributed by atoms with Crippen LogP contribution in [0, 0.1) is 5.92 Å². The lowest BCUT2D eigenvalue weighted by Gasteiger charge is -2.28. The van der Waals surface area contributed by atoms with Crippen LogP contribution in [0.5, 0.6) is 0 Å². The van der Waals surface area contributed by atoms with E-state index in [1.807, 2.05) is 17.5 Å². The van der Waals surface area contributed by atoms with Crippen LogP contribution in [0.25, 0.3) is 10.8 Å². The molecule has 0 saturated carbocycles. The molecule has 7 heteroatoms. The van der Waals surface area contributed by atoms with Gasteiger partial charge in [0.15, 0.2) is 0 Å². The molecule has 1 saturated heterocycles. The molecule has 1 aliphatic heterocycles. The quantitative estimate of drug-likeness (QED) is 0.930. The van der Waals surface area contributed by atoms with Crippen molar-refractivity contribution in [2.24, 2.45) is 5.92 Å². The molecule has 0 radical (unpaired) electrons. The predicted octanol–water partition coefficient (Wildman–Crippen LogP) is 2.09. The van der Waals surface area contributed by atoms with Gasteiger partial charge in [-0.05, 0) is 37.4 Å². The Kier molecular flexibility index (Phi) is 3.79. The summed E-state index contributed by atoms with van der Waals surface area (Å²) >= 11 is 1.56. The predicted molar refractivity (Wildman–Crippen MR) is 73.2 cm³/mol. The molecule has 1 aliphatic rings. The second kappa shape index (κ2) is 5.72. The van der Waals surface area contributed by atoms with E-state index in [9.17, 15) is 4.79 Å². The van der Waals surface area contributed by atoms with Crippen LogP contribution in [0.2, 0.25) is 0 Å². The van der Waals surface area contributed by atoms with E-state index in [4.69, 9.17) is 9.52 Å². The molecular formula is C13H15N3O3S. The molecule has 106 valence electrons. The van der Waals surface area contributed by atoms with Gasteiger partial charge in [-0.25, -0.2) is 0 Å². The molecule has 0 aliphatic carbocycles. The summed E-state index contributed by atoms with van der Waals surface area (Å²) < 4.78 is 5.64. The monoisotopic (exact) mass is 293 g/mol. The van der Waals surface area contributed by atoms with Crippen LogP contribution >= 0.6 is 11.3 Å². The Hall–Kier alpha value is -1.73. The third-order valence-electron chi connectivity index (χ3n) is 3.49. The molecule has 0 amide bonds. The molecule has 2 aromatic heterocycles. The van der Waals surface area contributed by atoms with Crippen molar-refractivity contribution < 1.29 is 14.3 Å². The standard InChI is InChI=1S/C13H15N3O3S/c17-13(18)9-3-5-16(6-4-9)8-11-14-15-12(19-11)10-2-1-7-20-10/h1-2,7,9H,3-6,8H2,(H,17,18). The molecule has 3 heterocycles. The maximum Gasteiger partial charge on any atom is 0.306 e. The topological polar surface area (TPSA) is 79.5 Å². The number of piperidine rings is 1. The van der Waals surface area contributed by atoms with Crippen molar-refractivity contribution in [1.29, 1.82) is 0 Å². The fourth-order valence-electron chi connectivity index (χ4n) is 2.35. The van der Waals surface area contributed by atoms with Gasteiger partial charge in [0.1, 0.15) is 0 Å². The number of thiophene rings is 1. The summed E-state index contributed by atoms with van der Waals surface area (Å²) in [6, 6.07) is 3.89. The maximum atomic E-state index is 10.9. The lowest BCUT2D eigenvalue weighted by Crippen LogP contribution is -2.35. The van der Waals surface area contributed by atoms with Crippen LogP contribution in [0.15, 0.2) is 21.9 Å². The molecule has 3 rings (SSSR count). The highest BCUT2D eigenvalue weighted by Crippen LogP contribution is 2.24. The minimum absolute atomic E-state index is 0.212. The first-order valence-electron chi connectivity index (χ1n) is 6.54. The minimum Gasteiger partial charge on any atom is -0.481 e. The van der Waals surface area contributed by atoms with Gasteiger partial charge in [-0.2, -0.15) is 0 Å². The van der Waals surface area contributed by atoms with Crippen LogP contribution in [-0.2, 0) is 11.3 Å². The number of likely N-dealkylation sites (tertiary alicyclic amines) is 1. The van der Waals surface area contributed by atoms with Gasteiger partial charge in [0, 0.05) is 0 Å². The number of aliphatic carboxylic acids is 1. The van der Waals surface area contributed by atoms with Gasteiger partial charge in [0.25, 0.3) is 5.89 Å². The van der Waals surface area contributed by atoms with Crippen molar-refractivity contribution in [3.8, 4) is 10.8 Å². The summed E-state index contributed by atoms with van der Waals surface area (Å²) in [6.07, 6.45) is 1.36. The summed E-state index contributed by atoms with van der Waals surface area (Å²) in [4.78, 5) is 14.0. The molecule has 0 spiro atoms. The number of carboxylic acids is 1. The summed E-state index contributed by atoms with van der Waals surface area (Å²) in [5.41, 5.74) is 0. The van der Waals surface area contributed by atoms with Gasteiger partial charge < -0.3 is 9.52 Å². The number of hydrogen-bond donors (Lipinski definition) is 1. The van der Waals surface area contributed by atoms with Crippen LogP contribution in [0.3, 0.4) is 0 Å². The van der Waals surface area contributed by atoms with Crippen LogP contribution < -0.4 is 0 Å². The number of carboxylic acid groups (broad SMARTS) is 1. The first-order valence-corrected chi connectivity index (χ1v) is 7.42. The van der Waals surface area contributed by atoms with E-state index in [-0.39, 0.29) is 5.92 Å². The largest absolute Gasteiger partial charge is 0.481 e. The molecule has 1 N–H and O–H groups in total. The van der Waals surface area contributed by atoms with Gasteiger partial charge in [-0.3, -0.25) is 9.69 Å². The zero-order valence-electron chi connectivity index (χ0n) is 10.9. The molecule has 0 unspecified atom stereocenters. The van der Waals surface area contributed by atoms with Gasteiger partial charge >= 0.3 is 5.97 Å². The highest BCUT2D eigenvalue weighted by Gasteiger charge is 2.25. The van der Waals surface area contributed by atoms with Crippen molar-refractivity contribution >= 4 is 17.3 Å². The molecule has 1 fully saturated rings. The van der Waals surface area contributed by atoms with Crippen molar-refractivity contribution in [3.05, 3.63) is 23.4 Å². The Morgan fingerprint density at radius 1 is 1.45 bits per heavy atom. The average Bonchev–Trinajstić information content (AvgIpc) is 3.09. The Labute approximate surface area is 120 Å². The molecular weight excluding hydrogens is 278 g/mol. The minimum atomic E-state index is -0.692. The Morgan fingerprint density at radius 2 is 2.25 bits per heavy atom. The first-order chi connectivity index (χ1) is 9.72. The van der Waals surface area contributed by atoms with E-state index in [0.717, 1.165) is 18.0 Å². The summed E-state index contributed by atoms with van der Waals surface area (Å²) in [5, 5.41) is 19.0. The zero-order chi connectivity index (χ0) is 13.9. The van der Waals surface area contributed by atoms with Crippen LogP contribution in [-0.4, -0.2) is 39.3 Å². The van der Waals surface area contributed by atoms with Gasteiger partial charge in [0.05, 0.1) is 17.3 Å². The molecule has 0 aromatic carbocycles. The number of carbonyl (C=O) groups is 1. The first kappa shape index (κ1) is 13.3. The number of nitrogens with zero attached hydrogens (tertiary/aromatic N) is 3. The number of aromatic nitrogens is 2. The fraction of sp³-hybridized carbons (Fsp3) is 0.462. The number of hydrogen-bond acceptors (Lipinski definition) is 6. The molecule has 0 bridgehead atoms. The smallest absolute Gasteiger partial charge is 0.306 e. The van der Waals surface area contributed by atoms with Crippen molar-refractivity contribution in [2.75, 3.05) is 13.1 Å². The highest BCUT2D eigenvalue weighted by atomic mass is 32.1.